The normalized spacial score (nSPS) is 10.9. The fourth-order valence-corrected chi connectivity index (χ4v) is 2.99. The molecule has 0 saturated heterocycles. The SMILES string of the molecule is Cc1ccc(CN(C)C(=O)COC(=O)Cc2coc3cc(C)c(C)cc23)cc1. The predicted molar refractivity (Wildman–Crippen MR) is 108 cm³/mol. The molecular weight excluding hydrogens is 354 g/mol. The lowest BCUT2D eigenvalue weighted by Crippen LogP contribution is -2.31. The van der Waals surface area contributed by atoms with E-state index in [-0.39, 0.29) is 18.9 Å². The third-order valence-corrected chi connectivity index (χ3v) is 4.93. The number of amides is 1. The van der Waals surface area contributed by atoms with Gasteiger partial charge in [0.15, 0.2) is 6.61 Å². The number of rotatable bonds is 6. The number of fused-ring (bicyclic) bond motifs is 1. The van der Waals surface area contributed by atoms with E-state index in [9.17, 15) is 9.59 Å². The Hall–Kier alpha value is -3.08. The first kappa shape index (κ1) is 19.7. The summed E-state index contributed by atoms with van der Waals surface area (Å²) in [6.07, 6.45) is 1.65. The van der Waals surface area contributed by atoms with Gasteiger partial charge in [0, 0.05) is 24.5 Å². The molecule has 5 heteroatoms. The summed E-state index contributed by atoms with van der Waals surface area (Å²) in [5.74, 6) is -0.685. The molecule has 5 nitrogen and oxygen atoms in total. The van der Waals surface area contributed by atoms with E-state index in [1.54, 1.807) is 18.2 Å². The Kier molecular flexibility index (Phi) is 5.83. The molecule has 0 aliphatic rings. The van der Waals surface area contributed by atoms with Crippen LogP contribution in [-0.2, 0) is 27.3 Å². The Morgan fingerprint density at radius 1 is 1.04 bits per heavy atom. The van der Waals surface area contributed by atoms with Crippen LogP contribution in [0.2, 0.25) is 0 Å². The molecule has 1 amide bonds. The Balaban J connectivity index is 1.54. The molecule has 146 valence electrons. The summed E-state index contributed by atoms with van der Waals surface area (Å²) < 4.78 is 10.7. The van der Waals surface area contributed by atoms with Gasteiger partial charge < -0.3 is 14.1 Å². The summed E-state index contributed by atoms with van der Waals surface area (Å²) in [7, 11) is 1.70. The van der Waals surface area contributed by atoms with Gasteiger partial charge in [0.05, 0.1) is 12.7 Å². The highest BCUT2D eigenvalue weighted by Crippen LogP contribution is 2.25. The van der Waals surface area contributed by atoms with Crippen molar-refractivity contribution in [1.29, 1.82) is 0 Å². The summed E-state index contributed by atoms with van der Waals surface area (Å²) in [4.78, 5) is 26.0. The van der Waals surface area contributed by atoms with Crippen LogP contribution < -0.4 is 0 Å². The van der Waals surface area contributed by atoms with E-state index >= 15 is 0 Å². The predicted octanol–water partition coefficient (Wildman–Crippen LogP) is 4.10. The summed E-state index contributed by atoms with van der Waals surface area (Å²) in [6.45, 7) is 6.26. The first-order chi connectivity index (χ1) is 13.3. The maximum absolute atomic E-state index is 12.2. The number of hydrogen-bond donors (Lipinski definition) is 0. The molecule has 0 fully saturated rings. The molecular formula is C23H25NO4. The summed E-state index contributed by atoms with van der Waals surface area (Å²) in [5, 5.41) is 0.905. The van der Waals surface area contributed by atoms with Crippen molar-refractivity contribution in [2.45, 2.75) is 33.7 Å². The van der Waals surface area contributed by atoms with Gasteiger partial charge in [0.1, 0.15) is 5.58 Å². The van der Waals surface area contributed by atoms with Gasteiger partial charge in [0.25, 0.3) is 5.91 Å². The summed E-state index contributed by atoms with van der Waals surface area (Å²) in [6, 6.07) is 12.0. The Morgan fingerprint density at radius 2 is 1.71 bits per heavy atom. The second kappa shape index (κ2) is 8.30. The van der Waals surface area contributed by atoms with Crippen molar-refractivity contribution < 1.29 is 18.7 Å². The van der Waals surface area contributed by atoms with Crippen molar-refractivity contribution in [1.82, 2.24) is 4.90 Å². The van der Waals surface area contributed by atoms with Gasteiger partial charge in [-0.25, -0.2) is 0 Å². The number of carbonyl (C=O) groups excluding carboxylic acids is 2. The van der Waals surface area contributed by atoms with Crippen molar-refractivity contribution in [3.8, 4) is 0 Å². The molecule has 0 N–H and O–H groups in total. The summed E-state index contributed by atoms with van der Waals surface area (Å²) >= 11 is 0. The highest BCUT2D eigenvalue weighted by molar-refractivity contribution is 5.87. The van der Waals surface area contributed by atoms with E-state index in [1.165, 1.54) is 5.56 Å². The molecule has 0 aliphatic heterocycles. The number of aryl methyl sites for hydroxylation is 3. The number of ether oxygens (including phenoxy) is 1. The molecule has 0 radical (unpaired) electrons. The lowest BCUT2D eigenvalue weighted by molar-refractivity contribution is -0.151. The molecule has 3 rings (SSSR count). The van der Waals surface area contributed by atoms with E-state index in [0.29, 0.717) is 6.54 Å². The second-order valence-corrected chi connectivity index (χ2v) is 7.27. The van der Waals surface area contributed by atoms with Gasteiger partial charge in [-0.3, -0.25) is 9.59 Å². The third kappa shape index (κ3) is 4.60. The molecule has 0 spiro atoms. The average molecular weight is 379 g/mol. The van der Waals surface area contributed by atoms with E-state index < -0.39 is 5.97 Å². The first-order valence-corrected chi connectivity index (χ1v) is 9.26. The third-order valence-electron chi connectivity index (χ3n) is 4.93. The molecule has 0 saturated carbocycles. The van der Waals surface area contributed by atoms with Crippen LogP contribution in [0.15, 0.2) is 47.1 Å². The zero-order chi connectivity index (χ0) is 20.3. The van der Waals surface area contributed by atoms with Crippen LogP contribution in [0, 0.1) is 20.8 Å². The quantitative estimate of drug-likeness (QED) is 0.605. The molecule has 3 aromatic rings. The fraction of sp³-hybridized carbons (Fsp3) is 0.304. The monoisotopic (exact) mass is 379 g/mol. The molecule has 28 heavy (non-hydrogen) atoms. The van der Waals surface area contributed by atoms with Crippen LogP contribution in [0.4, 0.5) is 0 Å². The largest absolute Gasteiger partial charge is 0.464 e. The Bertz CT molecular complexity index is 1000. The summed E-state index contributed by atoms with van der Waals surface area (Å²) in [5.41, 5.74) is 5.99. The van der Waals surface area contributed by atoms with Crippen molar-refractivity contribution in [3.05, 3.63) is 70.5 Å². The Morgan fingerprint density at radius 3 is 2.43 bits per heavy atom. The van der Waals surface area contributed by atoms with E-state index in [0.717, 1.165) is 33.2 Å². The number of carbonyl (C=O) groups is 2. The minimum absolute atomic E-state index is 0.0739. The van der Waals surface area contributed by atoms with Crippen molar-refractivity contribution in [3.63, 3.8) is 0 Å². The minimum Gasteiger partial charge on any atom is -0.464 e. The smallest absolute Gasteiger partial charge is 0.310 e. The molecule has 0 aliphatic carbocycles. The van der Waals surface area contributed by atoms with Crippen LogP contribution in [0.25, 0.3) is 11.0 Å². The topological polar surface area (TPSA) is 59.8 Å². The maximum atomic E-state index is 12.2. The van der Waals surface area contributed by atoms with Gasteiger partial charge in [-0.1, -0.05) is 29.8 Å². The van der Waals surface area contributed by atoms with Crippen molar-refractivity contribution >= 4 is 22.8 Å². The molecule has 1 heterocycles. The lowest BCUT2D eigenvalue weighted by Gasteiger charge is -2.17. The van der Waals surface area contributed by atoms with Crippen LogP contribution in [0.1, 0.15) is 27.8 Å². The first-order valence-electron chi connectivity index (χ1n) is 9.26. The fourth-order valence-electron chi connectivity index (χ4n) is 2.99. The highest BCUT2D eigenvalue weighted by Gasteiger charge is 2.16. The van der Waals surface area contributed by atoms with Gasteiger partial charge in [-0.15, -0.1) is 0 Å². The van der Waals surface area contributed by atoms with Gasteiger partial charge in [0.2, 0.25) is 0 Å². The number of likely N-dealkylation sites (N-methyl/N-ethyl adjacent to an activating group) is 1. The molecule has 0 bridgehead atoms. The Labute approximate surface area is 164 Å². The van der Waals surface area contributed by atoms with E-state index in [1.807, 2.05) is 57.2 Å². The van der Waals surface area contributed by atoms with Crippen LogP contribution in [-0.4, -0.2) is 30.4 Å². The molecule has 2 aromatic carbocycles. The number of benzene rings is 2. The second-order valence-electron chi connectivity index (χ2n) is 7.27. The van der Waals surface area contributed by atoms with Crippen molar-refractivity contribution in [2.75, 3.05) is 13.7 Å². The van der Waals surface area contributed by atoms with Gasteiger partial charge in [-0.05, 0) is 49.6 Å². The number of esters is 1. The number of nitrogens with zero attached hydrogens (tertiary/aromatic N) is 1. The zero-order valence-corrected chi connectivity index (χ0v) is 16.7. The highest BCUT2D eigenvalue weighted by atomic mass is 16.5. The standard InChI is InChI=1S/C23H25NO4/c1-15-5-7-18(8-6-15)12-24(4)22(25)14-28-23(26)11-19-13-27-21-10-17(3)16(2)9-20(19)21/h5-10,13H,11-12,14H2,1-4H3. The maximum Gasteiger partial charge on any atom is 0.310 e. The molecule has 1 aromatic heterocycles. The molecule has 0 unspecified atom stereocenters. The number of furan rings is 1. The molecule has 0 atom stereocenters. The lowest BCUT2D eigenvalue weighted by atomic mass is 10.0. The van der Waals surface area contributed by atoms with Gasteiger partial charge in [-0.2, -0.15) is 0 Å². The van der Waals surface area contributed by atoms with E-state index in [2.05, 4.69) is 0 Å². The van der Waals surface area contributed by atoms with E-state index in [4.69, 9.17) is 9.15 Å². The zero-order valence-electron chi connectivity index (χ0n) is 16.7. The van der Waals surface area contributed by atoms with Crippen LogP contribution in [0.3, 0.4) is 0 Å². The minimum atomic E-state index is -0.446. The number of hydrogen-bond acceptors (Lipinski definition) is 4. The van der Waals surface area contributed by atoms with Crippen LogP contribution in [0.5, 0.6) is 0 Å². The van der Waals surface area contributed by atoms with Crippen molar-refractivity contribution in [2.24, 2.45) is 0 Å². The average Bonchev–Trinajstić information content (AvgIpc) is 3.03. The van der Waals surface area contributed by atoms with Crippen LogP contribution >= 0.6 is 0 Å². The van der Waals surface area contributed by atoms with Gasteiger partial charge >= 0.3 is 5.97 Å².